The fourth-order valence-corrected chi connectivity index (χ4v) is 2.64. The van der Waals surface area contributed by atoms with Gasteiger partial charge in [0.05, 0.1) is 0 Å². The van der Waals surface area contributed by atoms with Crippen LogP contribution in [0.4, 0.5) is 5.69 Å². The van der Waals surface area contributed by atoms with Gasteiger partial charge in [0.15, 0.2) is 0 Å². The summed E-state index contributed by atoms with van der Waals surface area (Å²) in [6.07, 6.45) is 0.568. The van der Waals surface area contributed by atoms with E-state index >= 15 is 0 Å². The van der Waals surface area contributed by atoms with Gasteiger partial charge in [-0.25, -0.2) is 0 Å². The number of carboxylic acids is 1. The lowest BCUT2D eigenvalue weighted by atomic mass is 10.0. The molecule has 0 aliphatic heterocycles. The SMILES string of the molecule is O=C(O)CCCC(=O)Nc1ccc2cc3ccccc3cc2c1. The molecule has 0 saturated heterocycles. The summed E-state index contributed by atoms with van der Waals surface area (Å²) < 4.78 is 0. The van der Waals surface area contributed by atoms with Crippen molar-refractivity contribution in [1.82, 2.24) is 0 Å². The number of carbonyl (C=O) groups excluding carboxylic acids is 1. The van der Waals surface area contributed by atoms with Gasteiger partial charge in [-0.2, -0.15) is 0 Å². The van der Waals surface area contributed by atoms with Crippen molar-refractivity contribution in [2.24, 2.45) is 0 Å². The number of hydrogen-bond donors (Lipinski definition) is 2. The minimum absolute atomic E-state index is 0.0110. The lowest BCUT2D eigenvalue weighted by Gasteiger charge is -2.07. The highest BCUT2D eigenvalue weighted by Gasteiger charge is 2.05. The topological polar surface area (TPSA) is 66.4 Å². The summed E-state index contributed by atoms with van der Waals surface area (Å²) in [5, 5.41) is 15.9. The van der Waals surface area contributed by atoms with Crippen molar-refractivity contribution < 1.29 is 14.7 Å². The number of aliphatic carboxylic acids is 1. The molecule has 3 rings (SSSR count). The summed E-state index contributed by atoms with van der Waals surface area (Å²) in [5.74, 6) is -1.04. The van der Waals surface area contributed by atoms with Crippen LogP contribution in [0.2, 0.25) is 0 Å². The number of rotatable bonds is 5. The van der Waals surface area contributed by atoms with Crippen molar-refractivity contribution in [3.63, 3.8) is 0 Å². The number of carbonyl (C=O) groups is 2. The van der Waals surface area contributed by atoms with Gasteiger partial charge in [0.2, 0.25) is 5.91 Å². The Hall–Kier alpha value is -2.88. The maximum Gasteiger partial charge on any atom is 0.303 e. The summed E-state index contributed by atoms with van der Waals surface area (Å²) in [6, 6.07) is 18.2. The molecular formula is C19H17NO3. The Bertz CT molecular complexity index is 886. The van der Waals surface area contributed by atoms with E-state index in [1.54, 1.807) is 0 Å². The van der Waals surface area contributed by atoms with Crippen LogP contribution < -0.4 is 5.32 Å². The van der Waals surface area contributed by atoms with Crippen LogP contribution >= 0.6 is 0 Å². The van der Waals surface area contributed by atoms with Crippen LogP contribution in [0, 0.1) is 0 Å². The zero-order valence-corrected chi connectivity index (χ0v) is 12.6. The number of fused-ring (bicyclic) bond motifs is 2. The molecule has 23 heavy (non-hydrogen) atoms. The van der Waals surface area contributed by atoms with Gasteiger partial charge in [-0.3, -0.25) is 9.59 Å². The molecule has 0 aromatic heterocycles. The van der Waals surface area contributed by atoms with Crippen molar-refractivity contribution in [1.29, 1.82) is 0 Å². The van der Waals surface area contributed by atoms with E-state index in [-0.39, 0.29) is 18.7 Å². The summed E-state index contributed by atoms with van der Waals surface area (Å²) >= 11 is 0. The maximum absolute atomic E-state index is 11.8. The molecule has 0 radical (unpaired) electrons. The molecule has 0 aliphatic rings. The van der Waals surface area contributed by atoms with Crippen molar-refractivity contribution in [2.75, 3.05) is 5.32 Å². The summed E-state index contributed by atoms with van der Waals surface area (Å²) in [5.41, 5.74) is 0.730. The van der Waals surface area contributed by atoms with E-state index in [1.165, 1.54) is 5.39 Å². The van der Waals surface area contributed by atoms with Gasteiger partial charge in [0, 0.05) is 18.5 Å². The molecule has 2 N–H and O–H groups in total. The molecule has 3 aromatic carbocycles. The van der Waals surface area contributed by atoms with Crippen LogP contribution in [-0.2, 0) is 9.59 Å². The second-order valence-corrected chi connectivity index (χ2v) is 5.56. The van der Waals surface area contributed by atoms with Crippen LogP contribution in [0.15, 0.2) is 54.6 Å². The second-order valence-electron chi connectivity index (χ2n) is 5.56. The Morgan fingerprint density at radius 2 is 1.48 bits per heavy atom. The highest BCUT2D eigenvalue weighted by molar-refractivity contribution is 6.01. The zero-order valence-electron chi connectivity index (χ0n) is 12.6. The van der Waals surface area contributed by atoms with Gasteiger partial charge in [-0.05, 0) is 52.2 Å². The van der Waals surface area contributed by atoms with E-state index in [0.29, 0.717) is 6.42 Å². The Morgan fingerprint density at radius 3 is 2.17 bits per heavy atom. The predicted octanol–water partition coefficient (Wildman–Crippen LogP) is 4.19. The number of benzene rings is 3. The quantitative estimate of drug-likeness (QED) is 0.695. The third kappa shape index (κ3) is 3.66. The molecule has 4 nitrogen and oxygen atoms in total. The highest BCUT2D eigenvalue weighted by Crippen LogP contribution is 2.25. The lowest BCUT2D eigenvalue weighted by molar-refractivity contribution is -0.137. The minimum Gasteiger partial charge on any atom is -0.481 e. The number of carboxylic acid groups (broad SMARTS) is 1. The van der Waals surface area contributed by atoms with Gasteiger partial charge in [-0.1, -0.05) is 30.3 Å². The molecule has 0 aliphatic carbocycles. The second kappa shape index (κ2) is 6.48. The number of anilines is 1. The van der Waals surface area contributed by atoms with Gasteiger partial charge in [0.1, 0.15) is 0 Å². The Balaban J connectivity index is 1.78. The monoisotopic (exact) mass is 307 g/mol. The normalized spacial score (nSPS) is 10.8. The van der Waals surface area contributed by atoms with Crippen molar-refractivity contribution in [3.8, 4) is 0 Å². The molecule has 0 bridgehead atoms. The zero-order chi connectivity index (χ0) is 16.2. The first-order chi connectivity index (χ1) is 11.1. The molecule has 0 unspecified atom stereocenters. The Morgan fingerprint density at radius 1 is 0.826 bits per heavy atom. The van der Waals surface area contributed by atoms with E-state index in [9.17, 15) is 9.59 Å². The van der Waals surface area contributed by atoms with E-state index < -0.39 is 5.97 Å². The predicted molar refractivity (Wildman–Crippen MR) is 91.6 cm³/mol. The van der Waals surface area contributed by atoms with Crippen LogP contribution in [0.5, 0.6) is 0 Å². The first-order valence-electron chi connectivity index (χ1n) is 7.56. The summed E-state index contributed by atoms with van der Waals surface area (Å²) in [6.45, 7) is 0. The molecule has 0 atom stereocenters. The van der Waals surface area contributed by atoms with E-state index in [0.717, 1.165) is 21.8 Å². The van der Waals surface area contributed by atoms with Gasteiger partial charge >= 0.3 is 5.97 Å². The number of amides is 1. The Kier molecular flexibility index (Phi) is 4.24. The molecule has 1 amide bonds. The third-order valence-electron chi connectivity index (χ3n) is 3.78. The van der Waals surface area contributed by atoms with Crippen LogP contribution in [-0.4, -0.2) is 17.0 Å². The van der Waals surface area contributed by atoms with Crippen LogP contribution in [0.25, 0.3) is 21.5 Å². The van der Waals surface area contributed by atoms with E-state index in [1.807, 2.05) is 30.3 Å². The summed E-state index contributed by atoms with van der Waals surface area (Å²) in [7, 11) is 0. The van der Waals surface area contributed by atoms with E-state index in [4.69, 9.17) is 5.11 Å². The molecule has 3 aromatic rings. The van der Waals surface area contributed by atoms with Crippen molar-refractivity contribution in [3.05, 3.63) is 54.6 Å². The minimum atomic E-state index is -0.879. The fraction of sp³-hybridized carbons (Fsp3) is 0.158. The Labute approximate surface area is 133 Å². The highest BCUT2D eigenvalue weighted by atomic mass is 16.4. The average Bonchev–Trinajstić information content (AvgIpc) is 2.52. The molecule has 0 saturated carbocycles. The van der Waals surface area contributed by atoms with Crippen molar-refractivity contribution in [2.45, 2.75) is 19.3 Å². The fourth-order valence-electron chi connectivity index (χ4n) is 2.64. The van der Waals surface area contributed by atoms with Crippen LogP contribution in [0.3, 0.4) is 0 Å². The molecule has 0 fully saturated rings. The molecular weight excluding hydrogens is 290 g/mol. The van der Waals surface area contributed by atoms with Gasteiger partial charge in [0.25, 0.3) is 0 Å². The molecule has 4 heteroatoms. The standard InChI is InChI=1S/C19H17NO3/c21-18(6-3-7-19(22)23)20-17-9-8-15-10-13-4-1-2-5-14(13)11-16(15)12-17/h1-2,4-5,8-12H,3,6-7H2,(H,20,21)(H,22,23). The van der Waals surface area contributed by atoms with Gasteiger partial charge in [-0.15, -0.1) is 0 Å². The van der Waals surface area contributed by atoms with Crippen LogP contribution in [0.1, 0.15) is 19.3 Å². The van der Waals surface area contributed by atoms with Gasteiger partial charge < -0.3 is 10.4 Å². The first kappa shape index (κ1) is 15.0. The molecule has 116 valence electrons. The lowest BCUT2D eigenvalue weighted by Crippen LogP contribution is -2.11. The smallest absolute Gasteiger partial charge is 0.303 e. The van der Waals surface area contributed by atoms with E-state index in [2.05, 4.69) is 29.6 Å². The number of hydrogen-bond acceptors (Lipinski definition) is 2. The number of nitrogens with one attached hydrogen (secondary N) is 1. The van der Waals surface area contributed by atoms with Crippen molar-refractivity contribution >= 4 is 39.1 Å². The first-order valence-corrected chi connectivity index (χ1v) is 7.56. The third-order valence-corrected chi connectivity index (χ3v) is 3.78. The average molecular weight is 307 g/mol. The molecule has 0 heterocycles. The largest absolute Gasteiger partial charge is 0.481 e. The summed E-state index contributed by atoms with van der Waals surface area (Å²) in [4.78, 5) is 22.3. The maximum atomic E-state index is 11.8. The molecule has 0 spiro atoms.